The monoisotopic (exact) mass is 472 g/mol. The molecule has 3 atom stereocenters. The first-order valence-electron chi connectivity index (χ1n) is 10.6. The zero-order chi connectivity index (χ0) is 22.7. The molecular weight excluding hydrogens is 445 g/mol. The number of benzene rings is 1. The van der Waals surface area contributed by atoms with E-state index in [9.17, 15) is 18.3 Å². The lowest BCUT2D eigenvalue weighted by molar-refractivity contribution is -0.137. The summed E-state index contributed by atoms with van der Waals surface area (Å²) in [7, 11) is 1.60. The van der Waals surface area contributed by atoms with Crippen LogP contribution < -0.4 is 0 Å². The molecule has 1 aromatic heterocycles. The van der Waals surface area contributed by atoms with E-state index in [1.807, 2.05) is 9.80 Å². The van der Waals surface area contributed by atoms with Gasteiger partial charge in [0.1, 0.15) is 0 Å². The number of ether oxygens (including phenoxy) is 1. The van der Waals surface area contributed by atoms with Crippen molar-refractivity contribution in [2.24, 2.45) is 0 Å². The summed E-state index contributed by atoms with van der Waals surface area (Å²) >= 11 is 1.76. The van der Waals surface area contributed by atoms with E-state index in [1.165, 1.54) is 12.1 Å². The number of aliphatic hydroxyl groups excluding tert-OH is 1. The van der Waals surface area contributed by atoms with Gasteiger partial charge in [-0.3, -0.25) is 9.80 Å². The van der Waals surface area contributed by atoms with Gasteiger partial charge < -0.3 is 14.4 Å². The summed E-state index contributed by atoms with van der Waals surface area (Å²) in [5.41, 5.74) is 0.133. The van der Waals surface area contributed by atoms with Crippen LogP contribution >= 0.6 is 11.8 Å². The molecule has 3 unspecified atom stereocenters. The van der Waals surface area contributed by atoms with Crippen molar-refractivity contribution in [3.63, 3.8) is 0 Å². The number of piperidine rings is 1. The highest BCUT2D eigenvalue weighted by Gasteiger charge is 2.38. The van der Waals surface area contributed by atoms with Crippen LogP contribution in [0.4, 0.5) is 13.2 Å². The van der Waals surface area contributed by atoms with Crippen LogP contribution in [0.3, 0.4) is 0 Å². The van der Waals surface area contributed by atoms with Crippen molar-refractivity contribution in [2.75, 3.05) is 45.0 Å². The first-order chi connectivity index (χ1) is 15.3. The van der Waals surface area contributed by atoms with Crippen LogP contribution in [-0.2, 0) is 17.3 Å². The van der Waals surface area contributed by atoms with Gasteiger partial charge in [-0.15, -0.1) is 11.8 Å². The van der Waals surface area contributed by atoms with Gasteiger partial charge in [-0.25, -0.2) is 0 Å². The first kappa shape index (κ1) is 23.5. The molecule has 7 nitrogen and oxygen atoms in total. The molecule has 176 valence electrons. The van der Waals surface area contributed by atoms with Crippen LogP contribution in [0.5, 0.6) is 0 Å². The van der Waals surface area contributed by atoms with E-state index in [2.05, 4.69) is 10.1 Å². The quantitative estimate of drug-likeness (QED) is 0.659. The second-order valence-electron chi connectivity index (χ2n) is 8.19. The second-order valence-corrected chi connectivity index (χ2v) is 9.27. The summed E-state index contributed by atoms with van der Waals surface area (Å²) in [6.45, 7) is 2.34. The SMILES string of the molecule is COCCc1noc(C2CC(c3ccc(C(F)(F)F)cc3)CN(C(O)N3CCSC3)C2)n1. The van der Waals surface area contributed by atoms with Crippen LogP contribution in [-0.4, -0.2) is 76.4 Å². The van der Waals surface area contributed by atoms with Crippen LogP contribution in [0, 0.1) is 0 Å². The molecule has 1 aromatic carbocycles. The number of halogens is 3. The van der Waals surface area contributed by atoms with Gasteiger partial charge in [0.25, 0.3) is 0 Å². The number of hydrogen-bond acceptors (Lipinski definition) is 8. The summed E-state index contributed by atoms with van der Waals surface area (Å²) < 4.78 is 49.5. The third kappa shape index (κ3) is 5.45. The minimum absolute atomic E-state index is 0.0738. The smallest absolute Gasteiger partial charge is 0.384 e. The number of nitrogens with zero attached hydrogens (tertiary/aromatic N) is 4. The number of thioether (sulfide) groups is 1. The van der Waals surface area contributed by atoms with Gasteiger partial charge in [-0.05, 0) is 30.0 Å². The average molecular weight is 473 g/mol. The Labute approximate surface area is 188 Å². The maximum Gasteiger partial charge on any atom is 0.416 e. The lowest BCUT2D eigenvalue weighted by Gasteiger charge is -2.41. The molecule has 2 aliphatic heterocycles. The Hall–Kier alpha value is -1.66. The highest BCUT2D eigenvalue weighted by Crippen LogP contribution is 2.38. The summed E-state index contributed by atoms with van der Waals surface area (Å²) in [5, 5.41) is 15.0. The molecule has 0 saturated carbocycles. The summed E-state index contributed by atoms with van der Waals surface area (Å²) in [5.74, 6) is 2.54. The van der Waals surface area contributed by atoms with E-state index in [-0.39, 0.29) is 11.8 Å². The fourth-order valence-electron chi connectivity index (χ4n) is 4.26. The molecule has 0 radical (unpaired) electrons. The minimum atomic E-state index is -4.37. The second kappa shape index (κ2) is 10.1. The van der Waals surface area contributed by atoms with E-state index >= 15 is 0 Å². The summed E-state index contributed by atoms with van der Waals surface area (Å²) in [4.78, 5) is 8.46. The molecule has 4 rings (SSSR count). The lowest BCUT2D eigenvalue weighted by atomic mass is 9.84. The fraction of sp³-hybridized carbons (Fsp3) is 0.619. The number of methoxy groups -OCH3 is 1. The molecule has 0 amide bonds. The molecule has 3 heterocycles. The molecule has 0 bridgehead atoms. The Morgan fingerprint density at radius 2 is 1.97 bits per heavy atom. The minimum Gasteiger partial charge on any atom is -0.384 e. The van der Waals surface area contributed by atoms with Crippen molar-refractivity contribution < 1.29 is 27.5 Å². The highest BCUT2D eigenvalue weighted by molar-refractivity contribution is 7.99. The molecule has 2 aliphatic rings. The van der Waals surface area contributed by atoms with Gasteiger partial charge in [-0.1, -0.05) is 17.3 Å². The van der Waals surface area contributed by atoms with Crippen molar-refractivity contribution in [1.82, 2.24) is 19.9 Å². The van der Waals surface area contributed by atoms with Gasteiger partial charge >= 0.3 is 6.18 Å². The molecule has 1 N–H and O–H groups in total. The van der Waals surface area contributed by atoms with E-state index in [4.69, 9.17) is 9.26 Å². The molecule has 2 saturated heterocycles. The Morgan fingerprint density at radius 1 is 1.22 bits per heavy atom. The number of hydrogen-bond donors (Lipinski definition) is 1. The van der Waals surface area contributed by atoms with E-state index in [0.717, 1.165) is 35.9 Å². The Bertz CT molecular complexity index is 874. The Balaban J connectivity index is 1.55. The molecule has 32 heavy (non-hydrogen) atoms. The lowest BCUT2D eigenvalue weighted by Crippen LogP contribution is -2.52. The first-order valence-corrected chi connectivity index (χ1v) is 11.7. The largest absolute Gasteiger partial charge is 0.416 e. The number of rotatable bonds is 7. The van der Waals surface area contributed by atoms with Crippen LogP contribution in [0.1, 0.15) is 41.1 Å². The predicted octanol–water partition coefficient (Wildman–Crippen LogP) is 3.13. The van der Waals surface area contributed by atoms with Gasteiger partial charge in [-0.2, -0.15) is 18.2 Å². The Kier molecular flexibility index (Phi) is 7.40. The molecule has 0 aliphatic carbocycles. The number of alkyl halides is 3. The molecule has 2 aromatic rings. The van der Waals surface area contributed by atoms with Crippen molar-refractivity contribution in [3.05, 3.63) is 47.1 Å². The van der Waals surface area contributed by atoms with Crippen molar-refractivity contribution >= 4 is 11.8 Å². The van der Waals surface area contributed by atoms with Crippen molar-refractivity contribution in [2.45, 2.75) is 37.2 Å². The highest BCUT2D eigenvalue weighted by atomic mass is 32.2. The topological polar surface area (TPSA) is 74.9 Å². The predicted molar refractivity (Wildman–Crippen MR) is 113 cm³/mol. The zero-order valence-electron chi connectivity index (χ0n) is 17.8. The average Bonchev–Trinajstić information content (AvgIpc) is 3.49. The van der Waals surface area contributed by atoms with Crippen LogP contribution in [0.25, 0.3) is 0 Å². The van der Waals surface area contributed by atoms with Crippen LogP contribution in [0.2, 0.25) is 0 Å². The standard InChI is InChI=1S/C21H27F3N4O3S/c1-30-8-6-18-25-19(31-26-18)16-10-15(14-2-4-17(5-3-14)21(22,23)24)11-28(12-16)20(29)27-7-9-32-13-27/h2-5,15-16,20,29H,6-13H2,1H3. The summed E-state index contributed by atoms with van der Waals surface area (Å²) in [6.07, 6.45) is -3.95. The van der Waals surface area contributed by atoms with Gasteiger partial charge in [0.05, 0.1) is 18.1 Å². The molecular formula is C21H27F3N4O3S. The van der Waals surface area contributed by atoms with Crippen molar-refractivity contribution in [1.29, 1.82) is 0 Å². The molecule has 0 spiro atoms. The zero-order valence-corrected chi connectivity index (χ0v) is 18.6. The van der Waals surface area contributed by atoms with Gasteiger partial charge in [0.15, 0.2) is 12.2 Å². The number of aromatic nitrogens is 2. The number of likely N-dealkylation sites (tertiary alicyclic amines) is 1. The maximum atomic E-state index is 13.0. The van der Waals surface area contributed by atoms with E-state index in [1.54, 1.807) is 18.9 Å². The molecule has 11 heteroatoms. The Morgan fingerprint density at radius 3 is 2.62 bits per heavy atom. The van der Waals surface area contributed by atoms with Crippen molar-refractivity contribution in [3.8, 4) is 0 Å². The summed E-state index contributed by atoms with van der Waals surface area (Å²) in [6, 6.07) is 5.30. The fourth-order valence-corrected chi connectivity index (χ4v) is 5.25. The van der Waals surface area contributed by atoms with E-state index < -0.39 is 18.1 Å². The third-order valence-electron chi connectivity index (χ3n) is 5.98. The number of aliphatic hydroxyl groups is 1. The van der Waals surface area contributed by atoms with Crippen LogP contribution in [0.15, 0.2) is 28.8 Å². The molecule has 2 fully saturated rings. The third-order valence-corrected chi connectivity index (χ3v) is 6.97. The van der Waals surface area contributed by atoms with Gasteiger partial charge in [0, 0.05) is 44.8 Å². The normalized spacial score (nSPS) is 24.2. The maximum absolute atomic E-state index is 13.0. The van der Waals surface area contributed by atoms with E-state index in [0.29, 0.717) is 44.3 Å². The van der Waals surface area contributed by atoms with Gasteiger partial charge in [0.2, 0.25) is 5.89 Å².